The van der Waals surface area contributed by atoms with Crippen LogP contribution >= 0.6 is 0 Å². The van der Waals surface area contributed by atoms with Crippen molar-refractivity contribution in [1.82, 2.24) is 0 Å². The van der Waals surface area contributed by atoms with Crippen molar-refractivity contribution in [2.45, 2.75) is 99.5 Å². The number of carboxylic acids is 1. The number of hydrogen-bond acceptors (Lipinski definition) is 8. The van der Waals surface area contributed by atoms with Gasteiger partial charge in [-0.15, -0.1) is 0 Å². The van der Waals surface area contributed by atoms with Gasteiger partial charge in [0.15, 0.2) is 11.5 Å². The Kier molecular flexibility index (Phi) is 13.6. The van der Waals surface area contributed by atoms with Gasteiger partial charge in [-0.2, -0.15) is 0 Å². The summed E-state index contributed by atoms with van der Waals surface area (Å²) in [5.41, 5.74) is 6.29. The Bertz CT molecular complexity index is 984. The summed E-state index contributed by atoms with van der Waals surface area (Å²) in [6, 6.07) is 3.24. The average molecular weight is 550 g/mol. The van der Waals surface area contributed by atoms with Crippen molar-refractivity contribution < 1.29 is 38.5 Å². The molecule has 1 rings (SSSR count). The van der Waals surface area contributed by atoms with E-state index in [0.29, 0.717) is 5.56 Å². The zero-order valence-corrected chi connectivity index (χ0v) is 24.7. The second-order valence-corrected chi connectivity index (χ2v) is 11.9. The van der Waals surface area contributed by atoms with E-state index in [-0.39, 0.29) is 60.6 Å². The lowest BCUT2D eigenvalue weighted by Crippen LogP contribution is -2.40. The topological polar surface area (TPSA) is 142 Å². The molecule has 0 bridgehead atoms. The maximum atomic E-state index is 12.7. The van der Waals surface area contributed by atoms with E-state index in [0.717, 1.165) is 12.8 Å². The molecule has 1 aromatic rings. The molecule has 3 N–H and O–H groups in total. The predicted molar refractivity (Wildman–Crippen MR) is 148 cm³/mol. The summed E-state index contributed by atoms with van der Waals surface area (Å²) in [5.74, 6) is -3.56. The number of hydrogen-bond donors (Lipinski definition) is 2. The van der Waals surface area contributed by atoms with Gasteiger partial charge in [0, 0.05) is 18.8 Å². The molecule has 0 heterocycles. The molecule has 0 fully saturated rings. The van der Waals surface area contributed by atoms with Gasteiger partial charge in [0.05, 0.1) is 13.0 Å². The van der Waals surface area contributed by atoms with Crippen LogP contribution in [0.3, 0.4) is 0 Å². The van der Waals surface area contributed by atoms with Gasteiger partial charge >= 0.3 is 23.9 Å². The molecule has 1 aromatic carbocycles. The van der Waals surface area contributed by atoms with Gasteiger partial charge < -0.3 is 25.1 Å². The molecule has 0 aliphatic rings. The van der Waals surface area contributed by atoms with Gasteiger partial charge in [-0.3, -0.25) is 19.2 Å². The van der Waals surface area contributed by atoms with E-state index in [1.165, 1.54) is 12.1 Å². The van der Waals surface area contributed by atoms with Gasteiger partial charge in [0.1, 0.15) is 6.04 Å². The average Bonchev–Trinajstić information content (AvgIpc) is 2.82. The molecule has 0 amide bonds. The molecule has 5 atom stereocenters. The van der Waals surface area contributed by atoms with Crippen LogP contribution in [0.25, 0.3) is 0 Å². The number of carboxylic acid groups (broad SMARTS) is 1. The summed E-state index contributed by atoms with van der Waals surface area (Å²) in [6.45, 7) is 15.3. The largest absolute Gasteiger partial charge is 0.480 e. The smallest absolute Gasteiger partial charge is 0.321 e. The molecule has 0 aliphatic heterocycles. The maximum absolute atomic E-state index is 12.7. The minimum Gasteiger partial charge on any atom is -0.480 e. The van der Waals surface area contributed by atoms with E-state index in [9.17, 15) is 24.3 Å². The van der Waals surface area contributed by atoms with E-state index in [1.54, 1.807) is 13.0 Å². The standard InChI is InChI=1S/C30H47NO8/c1-9-18(3)13-24(32)38-22-12-11-21(15-23(22)39-25(33)14-19(4)10-2)27(28(31)29(35)36)20(5)17-37-26(34)16-30(6,7)8/h11-12,15,18-20,27-28H,9-10,13-14,16-17,31H2,1-8H3,(H,35,36)/t18?,19?,20?,27?,28-/m0/s1. The second-order valence-electron chi connectivity index (χ2n) is 11.9. The number of carbonyl (C=O) groups excluding carboxylic acids is 3. The molecular formula is C30H47NO8. The van der Waals surface area contributed by atoms with Crippen molar-refractivity contribution in [3.05, 3.63) is 23.8 Å². The molecule has 220 valence electrons. The number of aliphatic carboxylic acids is 1. The van der Waals surface area contributed by atoms with Crippen LogP contribution < -0.4 is 15.2 Å². The van der Waals surface area contributed by atoms with Gasteiger partial charge in [-0.25, -0.2) is 0 Å². The van der Waals surface area contributed by atoms with E-state index in [1.807, 2.05) is 48.5 Å². The highest BCUT2D eigenvalue weighted by Crippen LogP contribution is 2.36. The van der Waals surface area contributed by atoms with E-state index >= 15 is 0 Å². The normalized spacial score (nSPS) is 15.4. The Balaban J connectivity index is 3.36. The summed E-state index contributed by atoms with van der Waals surface area (Å²) in [4.78, 5) is 49.4. The number of benzene rings is 1. The fourth-order valence-electron chi connectivity index (χ4n) is 3.94. The lowest BCUT2D eigenvalue weighted by molar-refractivity contribution is -0.147. The number of ether oxygens (including phenoxy) is 3. The highest BCUT2D eigenvalue weighted by molar-refractivity contribution is 5.77. The van der Waals surface area contributed by atoms with Gasteiger partial charge in [-0.1, -0.05) is 74.3 Å². The third-order valence-corrected chi connectivity index (χ3v) is 6.69. The van der Waals surface area contributed by atoms with Gasteiger partial charge in [0.25, 0.3) is 0 Å². The van der Waals surface area contributed by atoms with Crippen LogP contribution in [0.15, 0.2) is 18.2 Å². The Hall–Kier alpha value is -2.94. The first kappa shape index (κ1) is 34.1. The first-order valence-corrected chi connectivity index (χ1v) is 13.8. The highest BCUT2D eigenvalue weighted by atomic mass is 16.6. The quantitative estimate of drug-likeness (QED) is 0.215. The molecule has 0 aromatic heterocycles. The highest BCUT2D eigenvalue weighted by Gasteiger charge is 2.33. The third-order valence-electron chi connectivity index (χ3n) is 6.69. The van der Waals surface area contributed by atoms with E-state index in [4.69, 9.17) is 19.9 Å². The van der Waals surface area contributed by atoms with Crippen LogP contribution in [0, 0.1) is 23.2 Å². The summed E-state index contributed by atoms with van der Waals surface area (Å²) in [5, 5.41) is 9.73. The molecule has 9 heteroatoms. The molecule has 0 saturated carbocycles. The van der Waals surface area contributed by atoms with Crippen LogP contribution in [0.2, 0.25) is 0 Å². The fraction of sp³-hybridized carbons (Fsp3) is 0.667. The van der Waals surface area contributed by atoms with Gasteiger partial charge in [-0.05, 0) is 40.9 Å². The zero-order valence-electron chi connectivity index (χ0n) is 24.7. The summed E-state index contributed by atoms with van der Waals surface area (Å²) >= 11 is 0. The van der Waals surface area contributed by atoms with Crippen LogP contribution in [-0.4, -0.2) is 41.6 Å². The van der Waals surface area contributed by atoms with E-state index in [2.05, 4.69) is 0 Å². The lowest BCUT2D eigenvalue weighted by Gasteiger charge is -2.28. The minimum atomic E-state index is -1.33. The van der Waals surface area contributed by atoms with Crippen LogP contribution in [0.5, 0.6) is 11.5 Å². The Morgan fingerprint density at radius 2 is 1.38 bits per heavy atom. The molecule has 0 radical (unpaired) electrons. The summed E-state index contributed by atoms with van der Waals surface area (Å²) < 4.78 is 16.6. The molecule has 9 nitrogen and oxygen atoms in total. The lowest BCUT2D eigenvalue weighted by atomic mass is 9.82. The zero-order chi connectivity index (χ0) is 29.9. The maximum Gasteiger partial charge on any atom is 0.321 e. The molecule has 4 unspecified atom stereocenters. The first-order valence-electron chi connectivity index (χ1n) is 13.8. The molecule has 0 spiro atoms. The van der Waals surface area contributed by atoms with Crippen LogP contribution in [0.1, 0.15) is 99.0 Å². The molecular weight excluding hydrogens is 502 g/mol. The Morgan fingerprint density at radius 3 is 1.85 bits per heavy atom. The Morgan fingerprint density at radius 1 is 0.872 bits per heavy atom. The molecule has 39 heavy (non-hydrogen) atoms. The summed E-state index contributed by atoms with van der Waals surface area (Å²) in [6.07, 6.45) is 2.16. The first-order chi connectivity index (χ1) is 18.1. The third kappa shape index (κ3) is 12.2. The van der Waals surface area contributed by atoms with Crippen molar-refractivity contribution in [3.8, 4) is 11.5 Å². The second kappa shape index (κ2) is 15.6. The van der Waals surface area contributed by atoms with Crippen molar-refractivity contribution in [3.63, 3.8) is 0 Å². The summed E-state index contributed by atoms with van der Waals surface area (Å²) in [7, 11) is 0. The number of rotatable bonds is 15. The van der Waals surface area contributed by atoms with Crippen molar-refractivity contribution >= 4 is 23.9 Å². The van der Waals surface area contributed by atoms with Crippen LogP contribution in [-0.2, 0) is 23.9 Å². The van der Waals surface area contributed by atoms with Crippen LogP contribution in [0.4, 0.5) is 0 Å². The number of nitrogens with two attached hydrogens (primary N) is 1. The fourth-order valence-corrected chi connectivity index (χ4v) is 3.94. The Labute approximate surface area is 232 Å². The number of carbonyl (C=O) groups is 4. The van der Waals surface area contributed by atoms with Crippen molar-refractivity contribution in [2.75, 3.05) is 6.61 Å². The monoisotopic (exact) mass is 549 g/mol. The SMILES string of the molecule is CCC(C)CC(=O)Oc1ccc(C(C(C)COC(=O)CC(C)(C)C)[C@H](N)C(=O)O)cc1OC(=O)CC(C)CC. The number of esters is 3. The van der Waals surface area contributed by atoms with Crippen molar-refractivity contribution in [1.29, 1.82) is 0 Å². The van der Waals surface area contributed by atoms with Crippen molar-refractivity contribution in [2.24, 2.45) is 28.9 Å². The molecule has 0 aliphatic carbocycles. The van der Waals surface area contributed by atoms with E-state index < -0.39 is 35.8 Å². The minimum absolute atomic E-state index is 0.0119. The molecule has 0 saturated heterocycles. The van der Waals surface area contributed by atoms with Gasteiger partial charge in [0.2, 0.25) is 0 Å². The predicted octanol–water partition coefficient (Wildman–Crippen LogP) is 5.48.